The van der Waals surface area contributed by atoms with Crippen molar-refractivity contribution < 1.29 is 14.3 Å². The molecule has 2 N–H and O–H groups in total. The summed E-state index contributed by atoms with van der Waals surface area (Å²) in [6, 6.07) is 3.97. The van der Waals surface area contributed by atoms with Gasteiger partial charge in [0, 0.05) is 6.04 Å². The maximum atomic E-state index is 11.5. The summed E-state index contributed by atoms with van der Waals surface area (Å²) >= 11 is 6.88. The van der Waals surface area contributed by atoms with Crippen LogP contribution in [0.15, 0.2) is 21.1 Å². The van der Waals surface area contributed by atoms with Crippen LogP contribution in [0.2, 0.25) is 0 Å². The minimum Gasteiger partial charge on any atom is -0.480 e. The lowest BCUT2D eigenvalue weighted by molar-refractivity contribution is -0.149. The molecule has 1 rings (SSSR count). The first-order valence-electron chi connectivity index (χ1n) is 6.35. The highest BCUT2D eigenvalue weighted by molar-refractivity contribution is 9.11. The smallest absolute Gasteiger partial charge is 0.344 e. The number of benzene rings is 1. The lowest BCUT2D eigenvalue weighted by Gasteiger charge is -2.13. The van der Waals surface area contributed by atoms with Crippen LogP contribution in [-0.4, -0.2) is 24.7 Å². The van der Waals surface area contributed by atoms with E-state index in [4.69, 9.17) is 15.2 Å². The van der Waals surface area contributed by atoms with Gasteiger partial charge in [-0.1, -0.05) is 0 Å². The molecule has 0 heterocycles. The number of rotatable bonds is 6. The minimum absolute atomic E-state index is 0.0848. The fraction of sp³-hybridized carbons (Fsp3) is 0.500. The molecule has 112 valence electrons. The van der Waals surface area contributed by atoms with Gasteiger partial charge in [-0.2, -0.15) is 0 Å². The molecular formula is C14H19Br2NO3. The SMILES string of the molecule is CC(N)Cc1cc(Br)c(OCC(=O)OC(C)C)c(Br)c1. The molecule has 0 fully saturated rings. The second-order valence-corrected chi connectivity index (χ2v) is 6.61. The van der Waals surface area contributed by atoms with Crippen LogP contribution >= 0.6 is 31.9 Å². The van der Waals surface area contributed by atoms with E-state index in [1.54, 1.807) is 13.8 Å². The van der Waals surface area contributed by atoms with Crippen molar-refractivity contribution in [2.75, 3.05) is 6.61 Å². The quantitative estimate of drug-likeness (QED) is 0.732. The molecule has 0 aliphatic carbocycles. The third kappa shape index (κ3) is 5.81. The Morgan fingerprint density at radius 3 is 2.25 bits per heavy atom. The molecule has 0 saturated heterocycles. The molecule has 0 aromatic heterocycles. The Morgan fingerprint density at radius 1 is 1.25 bits per heavy atom. The van der Waals surface area contributed by atoms with Crippen molar-refractivity contribution in [1.82, 2.24) is 0 Å². The summed E-state index contributed by atoms with van der Waals surface area (Å²) in [5, 5.41) is 0. The fourth-order valence-corrected chi connectivity index (χ4v) is 3.18. The van der Waals surface area contributed by atoms with Gasteiger partial charge < -0.3 is 15.2 Å². The molecule has 0 saturated carbocycles. The summed E-state index contributed by atoms with van der Waals surface area (Å²) in [6.07, 6.45) is 0.624. The van der Waals surface area contributed by atoms with Gasteiger partial charge in [-0.3, -0.25) is 0 Å². The summed E-state index contributed by atoms with van der Waals surface area (Å²) < 4.78 is 12.1. The topological polar surface area (TPSA) is 61.5 Å². The van der Waals surface area contributed by atoms with Crippen LogP contribution in [0.25, 0.3) is 0 Å². The summed E-state index contributed by atoms with van der Waals surface area (Å²) in [6.45, 7) is 5.43. The van der Waals surface area contributed by atoms with Gasteiger partial charge in [0.1, 0.15) is 5.75 Å². The highest BCUT2D eigenvalue weighted by Crippen LogP contribution is 2.35. The Labute approximate surface area is 136 Å². The summed E-state index contributed by atoms with van der Waals surface area (Å²) in [4.78, 5) is 11.5. The van der Waals surface area contributed by atoms with Crippen LogP contribution in [-0.2, 0) is 16.0 Å². The fourth-order valence-electron chi connectivity index (χ4n) is 1.67. The maximum absolute atomic E-state index is 11.5. The van der Waals surface area contributed by atoms with Crippen LogP contribution in [0.3, 0.4) is 0 Å². The average molecular weight is 409 g/mol. The Kier molecular flexibility index (Phi) is 6.99. The van der Waals surface area contributed by atoms with Gasteiger partial charge in [0.05, 0.1) is 15.0 Å². The molecule has 0 radical (unpaired) electrons. The molecule has 0 aliphatic rings. The Hall–Kier alpha value is -0.590. The first kappa shape index (κ1) is 17.5. The zero-order valence-electron chi connectivity index (χ0n) is 11.8. The molecule has 1 unspecified atom stereocenters. The van der Waals surface area contributed by atoms with E-state index in [0.717, 1.165) is 20.9 Å². The van der Waals surface area contributed by atoms with Crippen molar-refractivity contribution in [3.8, 4) is 5.75 Å². The third-order valence-corrected chi connectivity index (χ3v) is 3.50. The van der Waals surface area contributed by atoms with Crippen LogP contribution < -0.4 is 10.5 Å². The van der Waals surface area contributed by atoms with E-state index in [1.807, 2.05) is 19.1 Å². The molecule has 0 amide bonds. The standard InChI is InChI=1S/C14H19Br2NO3/c1-8(2)20-13(18)7-19-14-11(15)5-10(4-9(3)17)6-12(14)16/h5-6,8-9H,4,7,17H2,1-3H3. The Balaban J connectivity index is 2.74. The zero-order valence-corrected chi connectivity index (χ0v) is 15.0. The third-order valence-electron chi connectivity index (χ3n) is 2.32. The van der Waals surface area contributed by atoms with Crippen LogP contribution in [0.1, 0.15) is 26.3 Å². The number of halogens is 2. The van der Waals surface area contributed by atoms with Crippen LogP contribution in [0.4, 0.5) is 0 Å². The highest BCUT2D eigenvalue weighted by Gasteiger charge is 2.13. The van der Waals surface area contributed by atoms with E-state index >= 15 is 0 Å². The number of carbonyl (C=O) groups is 1. The predicted molar refractivity (Wildman–Crippen MR) is 85.9 cm³/mol. The molecule has 0 bridgehead atoms. The molecule has 20 heavy (non-hydrogen) atoms. The van der Waals surface area contributed by atoms with Gasteiger partial charge in [-0.25, -0.2) is 4.79 Å². The van der Waals surface area contributed by atoms with Crippen molar-refractivity contribution in [2.24, 2.45) is 5.73 Å². The van der Waals surface area contributed by atoms with E-state index in [0.29, 0.717) is 5.75 Å². The second-order valence-electron chi connectivity index (χ2n) is 4.90. The van der Waals surface area contributed by atoms with Gasteiger partial charge in [-0.15, -0.1) is 0 Å². The number of nitrogens with two attached hydrogens (primary N) is 1. The van der Waals surface area contributed by atoms with Gasteiger partial charge in [0.15, 0.2) is 6.61 Å². The van der Waals surface area contributed by atoms with Gasteiger partial charge in [0.2, 0.25) is 0 Å². The average Bonchev–Trinajstić information content (AvgIpc) is 2.25. The van der Waals surface area contributed by atoms with Crippen molar-refractivity contribution >= 4 is 37.8 Å². The molecule has 4 nitrogen and oxygen atoms in total. The number of carbonyl (C=O) groups excluding carboxylic acids is 1. The summed E-state index contributed by atoms with van der Waals surface area (Å²) in [7, 11) is 0. The molecule has 0 spiro atoms. The number of hydrogen-bond donors (Lipinski definition) is 1. The van der Waals surface area contributed by atoms with Crippen LogP contribution in [0, 0.1) is 0 Å². The molecule has 6 heteroatoms. The molecule has 1 atom stereocenters. The van der Waals surface area contributed by atoms with E-state index in [1.165, 1.54) is 0 Å². The van der Waals surface area contributed by atoms with Crippen molar-refractivity contribution in [3.63, 3.8) is 0 Å². The van der Waals surface area contributed by atoms with Gasteiger partial charge >= 0.3 is 5.97 Å². The van der Waals surface area contributed by atoms with Gasteiger partial charge in [-0.05, 0) is 76.7 Å². The van der Waals surface area contributed by atoms with E-state index in [9.17, 15) is 4.79 Å². The normalized spacial score (nSPS) is 12.3. The molecule has 1 aromatic rings. The molecule has 0 aliphatic heterocycles. The number of hydrogen-bond acceptors (Lipinski definition) is 4. The Morgan fingerprint density at radius 2 is 1.80 bits per heavy atom. The first-order valence-corrected chi connectivity index (χ1v) is 7.94. The van der Waals surface area contributed by atoms with E-state index in [-0.39, 0.29) is 18.8 Å². The summed E-state index contributed by atoms with van der Waals surface area (Å²) in [5.41, 5.74) is 6.88. The van der Waals surface area contributed by atoms with Crippen LogP contribution in [0.5, 0.6) is 5.75 Å². The number of ether oxygens (including phenoxy) is 2. The van der Waals surface area contributed by atoms with Crippen molar-refractivity contribution in [2.45, 2.75) is 39.3 Å². The van der Waals surface area contributed by atoms with Crippen molar-refractivity contribution in [3.05, 3.63) is 26.6 Å². The predicted octanol–water partition coefficient (Wildman–Crippen LogP) is 3.43. The molecule has 1 aromatic carbocycles. The van der Waals surface area contributed by atoms with E-state index < -0.39 is 5.97 Å². The first-order chi connectivity index (χ1) is 9.29. The largest absolute Gasteiger partial charge is 0.480 e. The number of esters is 1. The minimum atomic E-state index is -0.390. The summed E-state index contributed by atoms with van der Waals surface area (Å²) in [5.74, 6) is 0.192. The monoisotopic (exact) mass is 407 g/mol. The Bertz CT molecular complexity index is 452. The zero-order chi connectivity index (χ0) is 15.3. The molecular weight excluding hydrogens is 390 g/mol. The lowest BCUT2D eigenvalue weighted by Crippen LogP contribution is -2.19. The highest BCUT2D eigenvalue weighted by atomic mass is 79.9. The maximum Gasteiger partial charge on any atom is 0.344 e. The van der Waals surface area contributed by atoms with Gasteiger partial charge in [0.25, 0.3) is 0 Å². The second kappa shape index (κ2) is 8.00. The van der Waals surface area contributed by atoms with Crippen molar-refractivity contribution in [1.29, 1.82) is 0 Å². The lowest BCUT2D eigenvalue weighted by atomic mass is 10.1. The van der Waals surface area contributed by atoms with E-state index in [2.05, 4.69) is 31.9 Å².